The normalized spacial score (nSPS) is 21.0. The molecule has 0 aliphatic carbocycles. The summed E-state index contributed by atoms with van der Waals surface area (Å²) < 4.78 is 0. The minimum absolute atomic E-state index is 0.208. The zero-order valence-electron chi connectivity index (χ0n) is 18.1. The van der Waals surface area contributed by atoms with Gasteiger partial charge in [0.15, 0.2) is 0 Å². The molecule has 1 saturated heterocycles. The van der Waals surface area contributed by atoms with Crippen LogP contribution in [0.15, 0.2) is 0 Å². The first kappa shape index (κ1) is 27.2. The minimum atomic E-state index is -1.01. The summed E-state index contributed by atoms with van der Waals surface area (Å²) in [6, 6.07) is -0.546. The van der Waals surface area contributed by atoms with E-state index in [0.29, 0.717) is 58.8 Å². The second-order valence-corrected chi connectivity index (χ2v) is 7.77. The monoisotopic (exact) mass is 448 g/mol. The molecule has 1 aliphatic heterocycles. The average Bonchev–Trinajstić information content (AvgIpc) is 2.68. The predicted molar refractivity (Wildman–Crippen MR) is 111 cm³/mol. The molecule has 0 aromatic rings. The number of carbonyl (C=O) groups is 3. The lowest BCUT2D eigenvalue weighted by molar-refractivity contribution is -0.140. The van der Waals surface area contributed by atoms with Gasteiger partial charge in [-0.3, -0.25) is 34.0 Å². The van der Waals surface area contributed by atoms with Crippen LogP contribution in [0.4, 0.5) is 0 Å². The van der Waals surface area contributed by atoms with Gasteiger partial charge in [0.05, 0.1) is 38.4 Å². The van der Waals surface area contributed by atoms with Crippen molar-refractivity contribution in [3.05, 3.63) is 0 Å². The van der Waals surface area contributed by atoms with Crippen molar-refractivity contribution in [2.75, 3.05) is 78.6 Å². The van der Waals surface area contributed by atoms with Gasteiger partial charge in [-0.15, -0.1) is 0 Å². The molecular formula is C19H36N4O8. The highest BCUT2D eigenvalue weighted by atomic mass is 16.4. The molecule has 12 nitrogen and oxygen atoms in total. The number of carboxylic acid groups (broad SMARTS) is 3. The molecule has 180 valence electrons. The van der Waals surface area contributed by atoms with Gasteiger partial charge in [0.1, 0.15) is 0 Å². The van der Waals surface area contributed by atoms with Crippen molar-refractivity contribution < 1.29 is 39.9 Å². The Hall–Kier alpha value is -1.83. The van der Waals surface area contributed by atoms with E-state index in [0.717, 1.165) is 0 Å². The first-order valence-electron chi connectivity index (χ1n) is 10.5. The van der Waals surface area contributed by atoms with Crippen molar-refractivity contribution in [1.29, 1.82) is 0 Å². The molecular weight excluding hydrogens is 412 g/mol. The maximum absolute atomic E-state index is 11.3. The van der Waals surface area contributed by atoms with Crippen LogP contribution in [0, 0.1) is 0 Å². The van der Waals surface area contributed by atoms with Crippen LogP contribution in [0.5, 0.6) is 0 Å². The van der Waals surface area contributed by atoms with E-state index in [2.05, 4.69) is 0 Å². The molecule has 1 aliphatic rings. The molecule has 31 heavy (non-hydrogen) atoms. The largest absolute Gasteiger partial charge is 0.480 e. The van der Waals surface area contributed by atoms with Crippen molar-refractivity contribution in [3.8, 4) is 0 Å². The molecule has 0 saturated carbocycles. The van der Waals surface area contributed by atoms with E-state index in [-0.39, 0.29) is 26.2 Å². The summed E-state index contributed by atoms with van der Waals surface area (Å²) in [7, 11) is 0. The lowest BCUT2D eigenvalue weighted by atomic mass is 10.1. The second kappa shape index (κ2) is 14.3. The number of hydrogen-bond donors (Lipinski definition) is 5. The number of aliphatic carboxylic acids is 3. The van der Waals surface area contributed by atoms with Crippen molar-refractivity contribution in [3.63, 3.8) is 0 Å². The van der Waals surface area contributed by atoms with E-state index in [9.17, 15) is 34.8 Å². The fourth-order valence-corrected chi connectivity index (χ4v) is 3.69. The number of nitrogens with zero attached hydrogens (tertiary/aromatic N) is 4. The molecule has 5 N–H and O–H groups in total. The van der Waals surface area contributed by atoms with Crippen LogP contribution in [0.3, 0.4) is 0 Å². The summed E-state index contributed by atoms with van der Waals surface area (Å²) in [5.74, 6) is -3.00. The number of rotatable bonds is 10. The minimum Gasteiger partial charge on any atom is -0.480 e. The highest BCUT2D eigenvalue weighted by Gasteiger charge is 2.27. The number of aliphatic hydroxyl groups is 2. The lowest BCUT2D eigenvalue weighted by Crippen LogP contribution is -2.53. The standard InChI is InChI=1S/C19H36N4O8/c1-2-16(25)15(14-24)23-9-7-21(12-18(28)29)5-3-20(11-17(26)27)4-6-22(8-10-23)13-19(30)31/h15-16,24-25H,2-14H2,1H3,(H,26,27)(H,28,29)(H,30,31). The van der Waals surface area contributed by atoms with E-state index >= 15 is 0 Å². The van der Waals surface area contributed by atoms with E-state index in [1.165, 1.54) is 0 Å². The van der Waals surface area contributed by atoms with Crippen LogP contribution < -0.4 is 0 Å². The third kappa shape index (κ3) is 10.8. The van der Waals surface area contributed by atoms with Gasteiger partial charge in [-0.1, -0.05) is 6.92 Å². The molecule has 0 radical (unpaired) electrons. The molecule has 0 aromatic carbocycles. The molecule has 12 heteroatoms. The first-order valence-corrected chi connectivity index (χ1v) is 10.5. The Labute approximate surface area is 182 Å². The van der Waals surface area contributed by atoms with E-state index in [1.807, 2.05) is 4.90 Å². The van der Waals surface area contributed by atoms with Gasteiger partial charge in [0.2, 0.25) is 0 Å². The highest BCUT2D eigenvalue weighted by molar-refractivity contribution is 5.69. The van der Waals surface area contributed by atoms with Gasteiger partial charge >= 0.3 is 17.9 Å². The molecule has 0 spiro atoms. The predicted octanol–water partition coefficient (Wildman–Crippen LogP) is -2.41. The zero-order valence-corrected chi connectivity index (χ0v) is 18.1. The van der Waals surface area contributed by atoms with Gasteiger partial charge < -0.3 is 25.5 Å². The van der Waals surface area contributed by atoms with Gasteiger partial charge in [-0.2, -0.15) is 0 Å². The quantitative estimate of drug-likeness (QED) is 0.241. The Balaban J connectivity index is 3.05. The van der Waals surface area contributed by atoms with E-state index in [1.54, 1.807) is 21.6 Å². The summed E-state index contributed by atoms with van der Waals surface area (Å²) in [6.45, 7) is 3.61. The van der Waals surface area contributed by atoms with Crippen LogP contribution in [-0.4, -0.2) is 154 Å². The van der Waals surface area contributed by atoms with Crippen LogP contribution in [0.25, 0.3) is 0 Å². The van der Waals surface area contributed by atoms with Crippen LogP contribution in [-0.2, 0) is 14.4 Å². The molecule has 1 rings (SSSR count). The first-order chi connectivity index (χ1) is 14.7. The number of carboxylic acids is 3. The Morgan fingerprint density at radius 2 is 1.03 bits per heavy atom. The third-order valence-corrected chi connectivity index (χ3v) is 5.47. The fraction of sp³-hybridized carbons (Fsp3) is 0.842. The second-order valence-electron chi connectivity index (χ2n) is 7.77. The van der Waals surface area contributed by atoms with E-state index in [4.69, 9.17) is 5.11 Å². The smallest absolute Gasteiger partial charge is 0.317 e. The highest BCUT2D eigenvalue weighted by Crippen LogP contribution is 2.10. The lowest BCUT2D eigenvalue weighted by Gasteiger charge is -2.37. The number of aliphatic hydroxyl groups excluding tert-OH is 2. The molecule has 2 unspecified atom stereocenters. The van der Waals surface area contributed by atoms with Crippen LogP contribution >= 0.6 is 0 Å². The summed E-state index contributed by atoms with van der Waals surface area (Å²) in [6.07, 6.45) is -0.339. The van der Waals surface area contributed by atoms with Gasteiger partial charge in [0.25, 0.3) is 0 Å². The maximum atomic E-state index is 11.3. The maximum Gasteiger partial charge on any atom is 0.317 e. The summed E-state index contributed by atoms with van der Waals surface area (Å²) in [5.41, 5.74) is 0. The van der Waals surface area contributed by atoms with Crippen LogP contribution in [0.2, 0.25) is 0 Å². The Morgan fingerprint density at radius 3 is 1.29 bits per heavy atom. The molecule has 0 bridgehead atoms. The van der Waals surface area contributed by atoms with Gasteiger partial charge in [0, 0.05) is 52.4 Å². The van der Waals surface area contributed by atoms with Gasteiger partial charge in [-0.05, 0) is 6.42 Å². The molecule has 2 atom stereocenters. The van der Waals surface area contributed by atoms with E-state index < -0.39 is 30.1 Å². The summed E-state index contributed by atoms with van der Waals surface area (Å²) in [5, 5.41) is 47.8. The Kier molecular flexibility index (Phi) is 12.5. The molecule has 0 aromatic heterocycles. The SMILES string of the molecule is CCC(O)C(CO)N1CCN(CC(=O)O)CCN(CC(=O)O)CCN(CC(=O)O)CC1. The molecule has 0 amide bonds. The topological polar surface area (TPSA) is 165 Å². The Bertz CT molecular complexity index is 547. The van der Waals surface area contributed by atoms with Crippen molar-refractivity contribution in [1.82, 2.24) is 19.6 Å². The molecule has 1 heterocycles. The average molecular weight is 449 g/mol. The van der Waals surface area contributed by atoms with Crippen molar-refractivity contribution in [2.24, 2.45) is 0 Å². The molecule has 1 fully saturated rings. The van der Waals surface area contributed by atoms with Crippen molar-refractivity contribution >= 4 is 17.9 Å². The van der Waals surface area contributed by atoms with Crippen molar-refractivity contribution in [2.45, 2.75) is 25.5 Å². The Morgan fingerprint density at radius 1 is 0.710 bits per heavy atom. The van der Waals surface area contributed by atoms with Gasteiger partial charge in [-0.25, -0.2) is 0 Å². The number of hydrogen-bond acceptors (Lipinski definition) is 9. The third-order valence-electron chi connectivity index (χ3n) is 5.47. The van der Waals surface area contributed by atoms with Crippen LogP contribution in [0.1, 0.15) is 13.3 Å². The fourth-order valence-electron chi connectivity index (χ4n) is 3.69. The summed E-state index contributed by atoms with van der Waals surface area (Å²) in [4.78, 5) is 40.7. The summed E-state index contributed by atoms with van der Waals surface area (Å²) >= 11 is 0. The zero-order chi connectivity index (χ0) is 23.4.